The van der Waals surface area contributed by atoms with E-state index in [0.717, 1.165) is 17.8 Å². The zero-order valence-electron chi connectivity index (χ0n) is 10.6. The van der Waals surface area contributed by atoms with E-state index in [0.29, 0.717) is 12.5 Å². The van der Waals surface area contributed by atoms with Crippen LogP contribution in [-0.2, 0) is 17.4 Å². The summed E-state index contributed by atoms with van der Waals surface area (Å²) in [6.07, 6.45) is -4.08. The summed E-state index contributed by atoms with van der Waals surface area (Å²) < 4.78 is 37.7. The van der Waals surface area contributed by atoms with Gasteiger partial charge in [-0.1, -0.05) is 0 Å². The number of nitrogens with one attached hydrogen (secondary N) is 1. The SMILES string of the molecule is O=C(CCc1cscn1)Nc1cc(C(F)(F)F)ccc1O. The summed E-state index contributed by atoms with van der Waals surface area (Å²) in [5.74, 6) is -0.900. The zero-order chi connectivity index (χ0) is 15.5. The number of carbonyl (C=O) groups is 1. The molecular weight excluding hydrogens is 305 g/mol. The maximum absolute atomic E-state index is 12.6. The third-order valence-electron chi connectivity index (χ3n) is 2.69. The van der Waals surface area contributed by atoms with Crippen LogP contribution in [0.1, 0.15) is 17.7 Å². The third kappa shape index (κ3) is 4.19. The Morgan fingerprint density at radius 1 is 1.38 bits per heavy atom. The van der Waals surface area contributed by atoms with Gasteiger partial charge in [0, 0.05) is 11.8 Å². The fourth-order valence-electron chi connectivity index (χ4n) is 1.63. The lowest BCUT2D eigenvalue weighted by Crippen LogP contribution is -2.13. The predicted octanol–water partition coefficient (Wildman–Crippen LogP) is 3.44. The van der Waals surface area contributed by atoms with Crippen LogP contribution in [0.25, 0.3) is 0 Å². The molecule has 2 aromatic rings. The molecule has 0 bridgehead atoms. The number of aromatic hydroxyl groups is 1. The number of amides is 1. The maximum atomic E-state index is 12.6. The average Bonchev–Trinajstić information content (AvgIpc) is 2.91. The van der Waals surface area contributed by atoms with Crippen molar-refractivity contribution in [3.63, 3.8) is 0 Å². The second kappa shape index (κ2) is 6.13. The van der Waals surface area contributed by atoms with Gasteiger partial charge in [0.15, 0.2) is 0 Å². The topological polar surface area (TPSA) is 62.2 Å². The second-order valence-corrected chi connectivity index (χ2v) is 4.98. The third-order valence-corrected chi connectivity index (χ3v) is 3.32. The highest BCUT2D eigenvalue weighted by Gasteiger charge is 2.31. The molecule has 4 nitrogen and oxygen atoms in total. The lowest BCUT2D eigenvalue weighted by atomic mass is 10.1. The molecule has 1 heterocycles. The molecular formula is C13H11F3N2O2S. The molecule has 0 atom stereocenters. The smallest absolute Gasteiger partial charge is 0.416 e. The Kier molecular flexibility index (Phi) is 4.46. The van der Waals surface area contributed by atoms with Crippen LogP contribution in [0.4, 0.5) is 18.9 Å². The van der Waals surface area contributed by atoms with Crippen LogP contribution in [0.15, 0.2) is 29.1 Å². The van der Waals surface area contributed by atoms with Gasteiger partial charge in [0.05, 0.1) is 22.5 Å². The average molecular weight is 316 g/mol. The summed E-state index contributed by atoms with van der Waals surface area (Å²) in [4.78, 5) is 15.7. The van der Waals surface area contributed by atoms with Gasteiger partial charge in [-0.05, 0) is 24.6 Å². The van der Waals surface area contributed by atoms with E-state index in [9.17, 15) is 23.1 Å². The van der Waals surface area contributed by atoms with Gasteiger partial charge in [0.25, 0.3) is 0 Å². The normalized spacial score (nSPS) is 11.4. The Bertz CT molecular complexity index is 627. The Morgan fingerprint density at radius 2 is 2.14 bits per heavy atom. The first kappa shape index (κ1) is 15.3. The quantitative estimate of drug-likeness (QED) is 0.849. The van der Waals surface area contributed by atoms with Gasteiger partial charge < -0.3 is 10.4 Å². The fourth-order valence-corrected chi connectivity index (χ4v) is 2.22. The van der Waals surface area contributed by atoms with Crippen LogP contribution >= 0.6 is 11.3 Å². The van der Waals surface area contributed by atoms with E-state index < -0.39 is 23.4 Å². The molecule has 1 aromatic heterocycles. The number of anilines is 1. The molecule has 0 aliphatic carbocycles. The molecule has 1 aromatic carbocycles. The van der Waals surface area contributed by atoms with Gasteiger partial charge in [0.2, 0.25) is 5.91 Å². The van der Waals surface area contributed by atoms with Crippen molar-refractivity contribution in [2.45, 2.75) is 19.0 Å². The zero-order valence-corrected chi connectivity index (χ0v) is 11.5. The summed E-state index contributed by atoms with van der Waals surface area (Å²) in [5.41, 5.74) is 1.18. The molecule has 0 saturated heterocycles. The first-order valence-corrected chi connectivity index (χ1v) is 6.87. The van der Waals surface area contributed by atoms with Crippen molar-refractivity contribution in [3.8, 4) is 5.75 Å². The Morgan fingerprint density at radius 3 is 2.76 bits per heavy atom. The molecule has 112 valence electrons. The van der Waals surface area contributed by atoms with E-state index in [1.54, 1.807) is 10.9 Å². The standard InChI is InChI=1S/C13H11F3N2O2S/c14-13(15,16)8-1-3-11(19)10(5-8)18-12(20)4-2-9-6-21-7-17-9/h1,3,5-7,19H,2,4H2,(H,18,20). The number of hydrogen-bond donors (Lipinski definition) is 2. The highest BCUT2D eigenvalue weighted by molar-refractivity contribution is 7.07. The van der Waals surface area contributed by atoms with Crippen molar-refractivity contribution in [1.29, 1.82) is 0 Å². The highest BCUT2D eigenvalue weighted by atomic mass is 32.1. The first-order chi connectivity index (χ1) is 9.86. The van der Waals surface area contributed by atoms with Gasteiger partial charge >= 0.3 is 6.18 Å². The molecule has 2 N–H and O–H groups in total. The van der Waals surface area contributed by atoms with Gasteiger partial charge in [-0.3, -0.25) is 4.79 Å². The van der Waals surface area contributed by atoms with Gasteiger partial charge in [0.1, 0.15) is 5.75 Å². The minimum Gasteiger partial charge on any atom is -0.506 e. The molecule has 8 heteroatoms. The van der Waals surface area contributed by atoms with Crippen LogP contribution in [-0.4, -0.2) is 16.0 Å². The minimum absolute atomic E-state index is 0.0689. The number of aromatic nitrogens is 1. The summed E-state index contributed by atoms with van der Waals surface area (Å²) in [6, 6.07) is 2.36. The van der Waals surface area contributed by atoms with Crippen LogP contribution in [0.2, 0.25) is 0 Å². The summed E-state index contributed by atoms with van der Waals surface area (Å²) in [6.45, 7) is 0. The number of alkyl halides is 3. The number of hydrogen-bond acceptors (Lipinski definition) is 4. The number of benzene rings is 1. The number of carbonyl (C=O) groups excluding carboxylic acids is 1. The number of aryl methyl sites for hydroxylation is 1. The maximum Gasteiger partial charge on any atom is 0.416 e. The Labute approximate surface area is 122 Å². The summed E-state index contributed by atoms with van der Waals surface area (Å²) in [5, 5.41) is 13.6. The predicted molar refractivity (Wildman–Crippen MR) is 72.2 cm³/mol. The van der Waals surface area contributed by atoms with Crippen molar-refractivity contribution in [1.82, 2.24) is 4.98 Å². The van der Waals surface area contributed by atoms with E-state index >= 15 is 0 Å². The summed E-state index contributed by atoms with van der Waals surface area (Å²) in [7, 11) is 0. The van der Waals surface area contributed by atoms with Gasteiger partial charge in [-0.15, -0.1) is 11.3 Å². The number of phenolic OH excluding ortho intramolecular Hbond substituents is 1. The van der Waals surface area contributed by atoms with E-state index in [2.05, 4.69) is 10.3 Å². The Balaban J connectivity index is 2.03. The minimum atomic E-state index is -4.53. The summed E-state index contributed by atoms with van der Waals surface area (Å²) >= 11 is 1.39. The number of phenols is 1. The van der Waals surface area contributed by atoms with Crippen LogP contribution in [0, 0.1) is 0 Å². The molecule has 21 heavy (non-hydrogen) atoms. The number of rotatable bonds is 4. The molecule has 0 aliphatic rings. The fraction of sp³-hybridized carbons (Fsp3) is 0.231. The van der Waals surface area contributed by atoms with Crippen molar-refractivity contribution in [3.05, 3.63) is 40.3 Å². The number of halogens is 3. The number of thiazole rings is 1. The molecule has 0 fully saturated rings. The van der Waals surface area contributed by atoms with Crippen LogP contribution < -0.4 is 5.32 Å². The van der Waals surface area contributed by atoms with Crippen molar-refractivity contribution in [2.24, 2.45) is 0 Å². The van der Waals surface area contributed by atoms with Crippen molar-refractivity contribution >= 4 is 22.9 Å². The van der Waals surface area contributed by atoms with Gasteiger partial charge in [-0.2, -0.15) is 13.2 Å². The molecule has 0 unspecified atom stereocenters. The van der Waals surface area contributed by atoms with Gasteiger partial charge in [-0.25, -0.2) is 4.98 Å². The monoisotopic (exact) mass is 316 g/mol. The van der Waals surface area contributed by atoms with Crippen LogP contribution in [0.5, 0.6) is 5.75 Å². The van der Waals surface area contributed by atoms with Crippen molar-refractivity contribution in [2.75, 3.05) is 5.32 Å². The molecule has 0 saturated carbocycles. The van der Waals surface area contributed by atoms with E-state index in [1.165, 1.54) is 11.3 Å². The van der Waals surface area contributed by atoms with Crippen molar-refractivity contribution < 1.29 is 23.1 Å². The molecule has 2 rings (SSSR count). The lowest BCUT2D eigenvalue weighted by molar-refractivity contribution is -0.137. The molecule has 0 radical (unpaired) electrons. The molecule has 1 amide bonds. The van der Waals surface area contributed by atoms with Crippen LogP contribution in [0.3, 0.4) is 0 Å². The van der Waals surface area contributed by atoms with E-state index in [4.69, 9.17) is 0 Å². The van der Waals surface area contributed by atoms with E-state index in [1.807, 2.05) is 0 Å². The highest BCUT2D eigenvalue weighted by Crippen LogP contribution is 2.34. The molecule has 0 aliphatic heterocycles. The van der Waals surface area contributed by atoms with E-state index in [-0.39, 0.29) is 12.1 Å². The first-order valence-electron chi connectivity index (χ1n) is 5.93. The molecule has 0 spiro atoms. The Hall–Kier alpha value is -2.09. The number of nitrogens with zero attached hydrogens (tertiary/aromatic N) is 1. The second-order valence-electron chi connectivity index (χ2n) is 4.26. The lowest BCUT2D eigenvalue weighted by Gasteiger charge is -2.11. The largest absolute Gasteiger partial charge is 0.506 e.